The van der Waals surface area contributed by atoms with Crippen LogP contribution in [0.15, 0.2) is 48.5 Å². The summed E-state index contributed by atoms with van der Waals surface area (Å²) in [6, 6.07) is 13.4. The van der Waals surface area contributed by atoms with Crippen molar-refractivity contribution in [3.8, 4) is 0 Å². The normalized spacial score (nSPS) is 26.1. The molecular weight excluding hydrogens is 476 g/mol. The molecule has 2 aromatic carbocycles. The second-order valence-electron chi connectivity index (χ2n) is 11.2. The molecule has 0 spiro atoms. The predicted molar refractivity (Wildman–Crippen MR) is 141 cm³/mol. The van der Waals surface area contributed by atoms with Gasteiger partial charge in [0.15, 0.2) is 6.29 Å². The Labute approximate surface area is 213 Å². The van der Waals surface area contributed by atoms with Gasteiger partial charge in [0.2, 0.25) is 0 Å². The van der Waals surface area contributed by atoms with Crippen molar-refractivity contribution < 1.29 is 19.3 Å². The fraction of sp³-hybridized carbons (Fsp3) is 0.556. The Bertz CT molecular complexity index is 1020. The van der Waals surface area contributed by atoms with Crippen LogP contribution in [0.5, 0.6) is 0 Å². The highest BCUT2D eigenvalue weighted by atomic mass is 28.3. The predicted octanol–water partition coefficient (Wildman–Crippen LogP) is 7.87. The number of ether oxygens (including phenoxy) is 2. The van der Waals surface area contributed by atoms with Crippen LogP contribution in [0, 0.1) is 20.2 Å². The van der Waals surface area contributed by atoms with Crippen molar-refractivity contribution in [2.75, 3.05) is 0 Å². The van der Waals surface area contributed by atoms with Gasteiger partial charge in [0.05, 0.1) is 30.1 Å². The van der Waals surface area contributed by atoms with Gasteiger partial charge < -0.3 is 9.47 Å². The minimum atomic E-state index is -2.12. The molecule has 0 aliphatic carbocycles. The van der Waals surface area contributed by atoms with E-state index in [4.69, 9.17) is 9.47 Å². The zero-order valence-electron chi connectivity index (χ0n) is 21.8. The molecule has 194 valence electrons. The lowest BCUT2D eigenvalue weighted by atomic mass is 9.93. The van der Waals surface area contributed by atoms with Gasteiger partial charge in [-0.2, -0.15) is 0 Å². The van der Waals surface area contributed by atoms with Crippen molar-refractivity contribution in [3.63, 3.8) is 0 Å². The maximum absolute atomic E-state index is 11.2. The van der Waals surface area contributed by atoms with E-state index in [1.165, 1.54) is 24.3 Å². The fourth-order valence-electron chi connectivity index (χ4n) is 7.92. The first kappa shape index (κ1) is 26.4. The van der Waals surface area contributed by atoms with Gasteiger partial charge in [-0.05, 0) is 64.9 Å². The Morgan fingerprint density at radius 3 is 1.33 bits per heavy atom. The van der Waals surface area contributed by atoms with Gasteiger partial charge in [-0.25, -0.2) is 0 Å². The van der Waals surface area contributed by atoms with Gasteiger partial charge >= 0.3 is 0 Å². The van der Waals surface area contributed by atoms with Gasteiger partial charge in [-0.1, -0.05) is 41.5 Å². The highest BCUT2D eigenvalue weighted by molar-refractivity contribution is 6.86. The number of hydrogen-bond acceptors (Lipinski definition) is 6. The van der Waals surface area contributed by atoms with Gasteiger partial charge in [0, 0.05) is 29.3 Å². The van der Waals surface area contributed by atoms with Crippen LogP contribution in [0.1, 0.15) is 77.7 Å². The van der Waals surface area contributed by atoms with Crippen molar-refractivity contribution in [2.45, 2.75) is 94.5 Å². The molecule has 0 bridgehead atoms. The van der Waals surface area contributed by atoms with Gasteiger partial charge in [0.1, 0.15) is 0 Å². The number of fused-ring (bicyclic) bond motifs is 1. The summed E-state index contributed by atoms with van der Waals surface area (Å²) in [6.45, 7) is 14.1. The molecule has 2 saturated heterocycles. The molecule has 2 aliphatic rings. The lowest BCUT2D eigenvalue weighted by molar-refractivity contribution is -0.385. The SMILES string of the molecule is CC(C)[Si](C(C)C)(C(C)C)C12C[C@H](c3ccc([N+](=O)[O-])cc3)OC1O[C@@H](c1ccc([N+](=O)[O-])cc1)C2. The summed E-state index contributed by atoms with van der Waals surface area (Å²) in [5, 5.41) is 22.1. The second kappa shape index (κ2) is 9.68. The molecule has 0 amide bonds. The zero-order valence-corrected chi connectivity index (χ0v) is 22.8. The number of benzene rings is 2. The minimum absolute atomic E-state index is 0.0661. The highest BCUT2D eigenvalue weighted by Gasteiger charge is 2.69. The van der Waals surface area contributed by atoms with Crippen LogP contribution in [0.2, 0.25) is 21.7 Å². The van der Waals surface area contributed by atoms with Gasteiger partial charge in [-0.3, -0.25) is 20.2 Å². The van der Waals surface area contributed by atoms with Crippen molar-refractivity contribution in [1.29, 1.82) is 0 Å². The molecular formula is C27H36N2O6Si. The van der Waals surface area contributed by atoms with Crippen LogP contribution < -0.4 is 0 Å². The molecule has 0 radical (unpaired) electrons. The van der Waals surface area contributed by atoms with Crippen LogP contribution in [-0.2, 0) is 9.47 Å². The lowest BCUT2D eigenvalue weighted by Crippen LogP contribution is -2.57. The molecule has 2 fully saturated rings. The van der Waals surface area contributed by atoms with E-state index in [-0.39, 0.29) is 38.5 Å². The summed E-state index contributed by atoms with van der Waals surface area (Å²) in [5.41, 5.74) is 3.45. The monoisotopic (exact) mass is 512 g/mol. The summed E-state index contributed by atoms with van der Waals surface area (Å²) in [7, 11) is -2.12. The standard InChI is InChI=1S/C27H36N2O6Si/c1-17(2)36(18(3)4,19(5)6)27-15-24(20-7-11-22(12-8-20)28(30)31)34-26(27)35-25(16-27)21-9-13-23(14-10-21)29(32)33/h7-14,17-19,24-26H,15-16H2,1-6H3/t24-,25-,26?,27?/m1/s1. The maximum Gasteiger partial charge on any atom is 0.269 e. The minimum Gasteiger partial charge on any atom is -0.344 e. The molecule has 0 aromatic heterocycles. The summed E-state index contributed by atoms with van der Waals surface area (Å²) >= 11 is 0. The van der Waals surface area contributed by atoms with E-state index in [1.54, 1.807) is 24.3 Å². The molecule has 36 heavy (non-hydrogen) atoms. The Balaban J connectivity index is 1.76. The summed E-state index contributed by atoms with van der Waals surface area (Å²) < 4.78 is 13.4. The first-order chi connectivity index (χ1) is 16.9. The molecule has 0 N–H and O–H groups in total. The number of rotatable bonds is 8. The van der Waals surface area contributed by atoms with Crippen LogP contribution in [0.25, 0.3) is 0 Å². The van der Waals surface area contributed by atoms with Gasteiger partial charge in [-0.15, -0.1) is 0 Å². The van der Waals surface area contributed by atoms with Gasteiger partial charge in [0.25, 0.3) is 11.4 Å². The number of nitrogens with zero attached hydrogens (tertiary/aromatic N) is 2. The van der Waals surface area contributed by atoms with E-state index in [1.807, 2.05) is 0 Å². The van der Waals surface area contributed by atoms with E-state index < -0.39 is 14.4 Å². The number of nitro groups is 2. The number of nitro benzene ring substituents is 2. The van der Waals surface area contributed by atoms with Crippen molar-refractivity contribution >= 4 is 19.4 Å². The Morgan fingerprint density at radius 2 is 1.06 bits per heavy atom. The third kappa shape index (κ3) is 4.07. The molecule has 9 heteroatoms. The molecule has 0 unspecified atom stereocenters. The van der Waals surface area contributed by atoms with Crippen LogP contribution in [0.4, 0.5) is 11.4 Å². The maximum atomic E-state index is 11.2. The topological polar surface area (TPSA) is 105 Å². The molecule has 2 heterocycles. The Hall–Kier alpha value is -2.62. The summed E-state index contributed by atoms with van der Waals surface area (Å²) in [5.74, 6) is 0. The average molecular weight is 513 g/mol. The Morgan fingerprint density at radius 1 is 0.722 bits per heavy atom. The largest absolute Gasteiger partial charge is 0.344 e. The molecule has 2 atom stereocenters. The molecule has 8 nitrogen and oxygen atoms in total. The van der Waals surface area contributed by atoms with Crippen LogP contribution in [0.3, 0.4) is 0 Å². The third-order valence-corrected chi connectivity index (χ3v) is 16.9. The first-order valence-corrected chi connectivity index (χ1v) is 15.0. The summed E-state index contributed by atoms with van der Waals surface area (Å²) in [4.78, 5) is 21.5. The second-order valence-corrected chi connectivity index (χ2v) is 17.6. The average Bonchev–Trinajstić information content (AvgIpc) is 3.34. The van der Waals surface area contributed by atoms with Crippen LogP contribution >= 0.6 is 0 Å². The molecule has 0 saturated carbocycles. The molecule has 2 aliphatic heterocycles. The number of hydrogen-bond donors (Lipinski definition) is 0. The van der Waals surface area contributed by atoms with E-state index >= 15 is 0 Å². The first-order valence-electron chi connectivity index (χ1n) is 12.7. The van der Waals surface area contributed by atoms with Crippen LogP contribution in [-0.4, -0.2) is 24.2 Å². The van der Waals surface area contributed by atoms with Crippen molar-refractivity contribution in [1.82, 2.24) is 0 Å². The van der Waals surface area contributed by atoms with E-state index in [9.17, 15) is 20.2 Å². The van der Waals surface area contributed by atoms with Crippen molar-refractivity contribution in [2.24, 2.45) is 0 Å². The lowest BCUT2D eigenvalue weighted by Gasteiger charge is -2.54. The fourth-order valence-corrected chi connectivity index (χ4v) is 17.0. The van der Waals surface area contributed by atoms with E-state index in [2.05, 4.69) is 41.5 Å². The van der Waals surface area contributed by atoms with E-state index in [0.717, 1.165) is 24.0 Å². The molecule has 4 rings (SSSR count). The highest BCUT2D eigenvalue weighted by Crippen LogP contribution is 2.72. The van der Waals surface area contributed by atoms with E-state index in [0.29, 0.717) is 16.6 Å². The Kier molecular flexibility index (Phi) is 7.11. The zero-order chi connectivity index (χ0) is 26.4. The number of non-ortho nitro benzene ring substituents is 2. The third-order valence-electron chi connectivity index (χ3n) is 8.81. The van der Waals surface area contributed by atoms with Crippen molar-refractivity contribution in [3.05, 3.63) is 79.9 Å². The molecule has 2 aromatic rings. The quantitative estimate of drug-likeness (QED) is 0.202. The smallest absolute Gasteiger partial charge is 0.269 e. The summed E-state index contributed by atoms with van der Waals surface area (Å²) in [6.07, 6.45) is 0.824.